The van der Waals surface area contributed by atoms with Crippen molar-refractivity contribution in [3.8, 4) is 0 Å². The number of carbonyl (C=O) groups is 1. The van der Waals surface area contributed by atoms with E-state index in [4.69, 9.17) is 0 Å². The molecule has 25 heavy (non-hydrogen) atoms. The number of carbonyl (C=O) groups excluding carboxylic acids is 1. The van der Waals surface area contributed by atoms with Crippen LogP contribution in [0.2, 0.25) is 0 Å². The Bertz CT molecular complexity index is 607. The fourth-order valence-electron chi connectivity index (χ4n) is 5.23. The Morgan fingerprint density at radius 3 is 2.76 bits per heavy atom. The Labute approximate surface area is 151 Å². The zero-order chi connectivity index (χ0) is 17.3. The van der Waals surface area contributed by atoms with Crippen molar-refractivity contribution in [2.45, 2.75) is 57.9 Å². The first-order valence-electron chi connectivity index (χ1n) is 10.1. The highest BCUT2D eigenvalue weighted by Crippen LogP contribution is 2.41. The van der Waals surface area contributed by atoms with Gasteiger partial charge in [-0.1, -0.05) is 19.3 Å². The van der Waals surface area contributed by atoms with Gasteiger partial charge in [-0.25, -0.2) is 4.98 Å². The van der Waals surface area contributed by atoms with Gasteiger partial charge in [0, 0.05) is 39.1 Å². The molecule has 1 spiro atoms. The molecule has 3 heterocycles. The Kier molecular flexibility index (Phi) is 4.85. The van der Waals surface area contributed by atoms with Gasteiger partial charge in [0.15, 0.2) is 0 Å². The average molecular weight is 345 g/mol. The standard InChI is InChI=1S/C20H32N4O/c1-22-13-10-21-18(22)15-23-12-9-20(16-23)8-5-11-24(19(20)25)14-17-6-3-2-4-7-17/h10,13,17H,2-9,11-12,14-16H2,1H3/t20-/m0/s1. The maximum atomic E-state index is 13.3. The molecule has 1 aromatic heterocycles. The Hall–Kier alpha value is -1.36. The molecule has 5 nitrogen and oxygen atoms in total. The van der Waals surface area contributed by atoms with Crippen molar-refractivity contribution in [3.05, 3.63) is 18.2 Å². The predicted octanol–water partition coefficient (Wildman–Crippen LogP) is 2.81. The van der Waals surface area contributed by atoms with Gasteiger partial charge in [-0.15, -0.1) is 0 Å². The van der Waals surface area contributed by atoms with Crippen LogP contribution in [-0.2, 0) is 18.4 Å². The molecule has 0 aromatic carbocycles. The first kappa shape index (κ1) is 17.1. The molecule has 1 aromatic rings. The number of piperidine rings is 1. The van der Waals surface area contributed by atoms with Crippen molar-refractivity contribution in [2.24, 2.45) is 18.4 Å². The Morgan fingerprint density at radius 2 is 2.00 bits per heavy atom. The summed E-state index contributed by atoms with van der Waals surface area (Å²) in [7, 11) is 2.05. The minimum Gasteiger partial charge on any atom is -0.342 e. The molecule has 2 aliphatic heterocycles. The zero-order valence-electron chi connectivity index (χ0n) is 15.6. The molecular formula is C20H32N4O. The van der Waals surface area contributed by atoms with Crippen molar-refractivity contribution in [1.29, 1.82) is 0 Å². The van der Waals surface area contributed by atoms with Gasteiger partial charge in [0.25, 0.3) is 0 Å². The van der Waals surface area contributed by atoms with E-state index in [-0.39, 0.29) is 5.41 Å². The van der Waals surface area contributed by atoms with Crippen molar-refractivity contribution in [3.63, 3.8) is 0 Å². The summed E-state index contributed by atoms with van der Waals surface area (Å²) in [4.78, 5) is 22.4. The minimum absolute atomic E-state index is 0.113. The van der Waals surface area contributed by atoms with Gasteiger partial charge < -0.3 is 9.47 Å². The second kappa shape index (κ2) is 7.10. The van der Waals surface area contributed by atoms with E-state index in [1.807, 2.05) is 19.4 Å². The second-order valence-electron chi connectivity index (χ2n) is 8.55. The number of rotatable bonds is 4. The summed E-state index contributed by atoms with van der Waals surface area (Å²) in [5, 5.41) is 0. The highest BCUT2D eigenvalue weighted by atomic mass is 16.2. The van der Waals surface area contributed by atoms with E-state index in [1.54, 1.807) is 0 Å². The highest BCUT2D eigenvalue weighted by Gasteiger charge is 2.48. The summed E-state index contributed by atoms with van der Waals surface area (Å²) < 4.78 is 2.09. The molecule has 0 bridgehead atoms. The third-order valence-electron chi connectivity index (χ3n) is 6.75. The number of imidazole rings is 1. The van der Waals surface area contributed by atoms with E-state index in [0.29, 0.717) is 5.91 Å². The molecular weight excluding hydrogens is 312 g/mol. The summed E-state index contributed by atoms with van der Waals surface area (Å²) in [6, 6.07) is 0. The third-order valence-corrected chi connectivity index (χ3v) is 6.75. The number of likely N-dealkylation sites (tertiary alicyclic amines) is 2. The van der Waals surface area contributed by atoms with Gasteiger partial charge in [-0.05, 0) is 44.6 Å². The number of hydrogen-bond acceptors (Lipinski definition) is 3. The molecule has 1 aliphatic carbocycles. The molecule has 2 saturated heterocycles. The van der Waals surface area contributed by atoms with Crippen LogP contribution in [0.5, 0.6) is 0 Å². The number of aromatic nitrogens is 2. The van der Waals surface area contributed by atoms with Gasteiger partial charge in [-0.2, -0.15) is 0 Å². The number of nitrogens with zero attached hydrogens (tertiary/aromatic N) is 4. The van der Waals surface area contributed by atoms with Crippen LogP contribution in [0.3, 0.4) is 0 Å². The van der Waals surface area contributed by atoms with Crippen molar-refractivity contribution >= 4 is 5.91 Å². The summed E-state index contributed by atoms with van der Waals surface area (Å²) in [6.45, 7) is 4.80. The van der Waals surface area contributed by atoms with E-state index < -0.39 is 0 Å². The van der Waals surface area contributed by atoms with Gasteiger partial charge in [0.05, 0.1) is 12.0 Å². The van der Waals surface area contributed by atoms with E-state index in [2.05, 4.69) is 19.4 Å². The maximum absolute atomic E-state index is 13.3. The minimum atomic E-state index is -0.113. The fourth-order valence-corrected chi connectivity index (χ4v) is 5.23. The monoisotopic (exact) mass is 344 g/mol. The lowest BCUT2D eigenvalue weighted by molar-refractivity contribution is -0.146. The van der Waals surface area contributed by atoms with Gasteiger partial charge in [0.2, 0.25) is 5.91 Å². The maximum Gasteiger partial charge on any atom is 0.230 e. The normalized spacial score (nSPS) is 29.0. The topological polar surface area (TPSA) is 41.4 Å². The van der Waals surface area contributed by atoms with Crippen LogP contribution in [0, 0.1) is 11.3 Å². The SMILES string of the molecule is Cn1ccnc1CN1CC[C@@]2(CCCN(CC3CCCCC3)C2=O)C1. The van der Waals surface area contributed by atoms with Crippen LogP contribution >= 0.6 is 0 Å². The van der Waals surface area contributed by atoms with Crippen molar-refractivity contribution < 1.29 is 4.79 Å². The molecule has 4 rings (SSSR count). The molecule has 3 fully saturated rings. The average Bonchev–Trinajstić information content (AvgIpc) is 3.21. The van der Waals surface area contributed by atoms with Crippen LogP contribution < -0.4 is 0 Å². The molecule has 0 unspecified atom stereocenters. The zero-order valence-corrected chi connectivity index (χ0v) is 15.6. The van der Waals surface area contributed by atoms with E-state index in [0.717, 1.165) is 57.3 Å². The predicted molar refractivity (Wildman–Crippen MR) is 97.9 cm³/mol. The molecule has 3 aliphatic rings. The summed E-state index contributed by atoms with van der Waals surface area (Å²) in [6.07, 6.45) is 13.9. The molecule has 0 radical (unpaired) electrons. The Balaban J connectivity index is 1.39. The fraction of sp³-hybridized carbons (Fsp3) is 0.800. The lowest BCUT2D eigenvalue weighted by Crippen LogP contribution is -2.51. The van der Waals surface area contributed by atoms with Crippen LogP contribution in [-0.4, -0.2) is 51.4 Å². The third kappa shape index (κ3) is 3.48. The number of aryl methyl sites for hydroxylation is 1. The van der Waals surface area contributed by atoms with E-state index in [9.17, 15) is 4.79 Å². The Morgan fingerprint density at radius 1 is 1.16 bits per heavy atom. The van der Waals surface area contributed by atoms with E-state index in [1.165, 1.54) is 38.5 Å². The second-order valence-corrected chi connectivity index (χ2v) is 8.55. The van der Waals surface area contributed by atoms with Gasteiger partial charge >= 0.3 is 0 Å². The molecule has 1 saturated carbocycles. The number of hydrogen-bond donors (Lipinski definition) is 0. The summed E-state index contributed by atoms with van der Waals surface area (Å²) in [5.74, 6) is 2.30. The van der Waals surface area contributed by atoms with E-state index >= 15 is 0 Å². The largest absolute Gasteiger partial charge is 0.342 e. The molecule has 0 N–H and O–H groups in total. The smallest absolute Gasteiger partial charge is 0.230 e. The molecule has 1 amide bonds. The lowest BCUT2D eigenvalue weighted by Gasteiger charge is -2.41. The highest BCUT2D eigenvalue weighted by molar-refractivity contribution is 5.84. The summed E-state index contributed by atoms with van der Waals surface area (Å²) in [5.41, 5.74) is -0.113. The number of amides is 1. The molecule has 5 heteroatoms. The molecule has 138 valence electrons. The first-order chi connectivity index (χ1) is 12.2. The van der Waals surface area contributed by atoms with Crippen LogP contribution in [0.15, 0.2) is 12.4 Å². The van der Waals surface area contributed by atoms with Crippen LogP contribution in [0.1, 0.15) is 57.2 Å². The van der Waals surface area contributed by atoms with Crippen LogP contribution in [0.4, 0.5) is 0 Å². The first-order valence-corrected chi connectivity index (χ1v) is 10.1. The summed E-state index contributed by atoms with van der Waals surface area (Å²) >= 11 is 0. The van der Waals surface area contributed by atoms with Gasteiger partial charge in [0.1, 0.15) is 5.82 Å². The van der Waals surface area contributed by atoms with Crippen LogP contribution in [0.25, 0.3) is 0 Å². The van der Waals surface area contributed by atoms with Crippen molar-refractivity contribution in [1.82, 2.24) is 19.4 Å². The van der Waals surface area contributed by atoms with Gasteiger partial charge in [-0.3, -0.25) is 9.69 Å². The quantitative estimate of drug-likeness (QED) is 0.843. The lowest BCUT2D eigenvalue weighted by atomic mass is 9.77. The van der Waals surface area contributed by atoms with Crippen molar-refractivity contribution in [2.75, 3.05) is 26.2 Å². The molecule has 1 atom stereocenters.